The molecular weight excluding hydrogens is 266 g/mol. The minimum atomic E-state index is -0.173. The van der Waals surface area contributed by atoms with E-state index in [9.17, 15) is 9.59 Å². The Morgan fingerprint density at radius 2 is 2.00 bits per heavy atom. The summed E-state index contributed by atoms with van der Waals surface area (Å²) < 4.78 is 0. The first-order valence-electron chi connectivity index (χ1n) is 7.93. The Labute approximate surface area is 124 Å². The number of fused-ring (bicyclic) bond motifs is 2. The minimum Gasteiger partial charge on any atom is -0.336 e. The third-order valence-corrected chi connectivity index (χ3v) is 4.65. The standard InChI is InChI=1S/C16H23N3O2/c1-2-7-19(14-8-12-4-5-13(9-14)18-12)16(21)11-3-6-15(20)17-10-11/h3,6,10,12-14,18H,2,4-5,7-9H2,1H3,(H,17,20). The summed E-state index contributed by atoms with van der Waals surface area (Å²) in [6.45, 7) is 2.88. The number of pyridine rings is 1. The zero-order valence-corrected chi connectivity index (χ0v) is 12.5. The van der Waals surface area contributed by atoms with Gasteiger partial charge in [0.1, 0.15) is 0 Å². The Balaban J connectivity index is 1.78. The first kappa shape index (κ1) is 14.3. The van der Waals surface area contributed by atoms with Gasteiger partial charge in [-0.15, -0.1) is 0 Å². The molecule has 2 atom stereocenters. The summed E-state index contributed by atoms with van der Waals surface area (Å²) in [4.78, 5) is 28.5. The number of hydrogen-bond donors (Lipinski definition) is 2. The number of aromatic amines is 1. The molecule has 0 saturated carbocycles. The van der Waals surface area contributed by atoms with Crippen LogP contribution in [0.5, 0.6) is 0 Å². The van der Waals surface area contributed by atoms with Crippen molar-refractivity contribution in [3.8, 4) is 0 Å². The van der Waals surface area contributed by atoms with Gasteiger partial charge in [0.2, 0.25) is 5.56 Å². The van der Waals surface area contributed by atoms with E-state index < -0.39 is 0 Å². The van der Waals surface area contributed by atoms with Crippen LogP contribution in [0.15, 0.2) is 23.1 Å². The maximum Gasteiger partial charge on any atom is 0.255 e. The van der Waals surface area contributed by atoms with Gasteiger partial charge in [-0.25, -0.2) is 0 Å². The topological polar surface area (TPSA) is 65.2 Å². The summed E-state index contributed by atoms with van der Waals surface area (Å²) in [7, 11) is 0. The van der Waals surface area contributed by atoms with Gasteiger partial charge in [-0.1, -0.05) is 6.92 Å². The van der Waals surface area contributed by atoms with Crippen molar-refractivity contribution < 1.29 is 4.79 Å². The first-order chi connectivity index (χ1) is 10.2. The van der Waals surface area contributed by atoms with Crippen LogP contribution in [-0.4, -0.2) is 40.5 Å². The van der Waals surface area contributed by atoms with E-state index in [1.54, 1.807) is 6.07 Å². The molecule has 2 fully saturated rings. The summed E-state index contributed by atoms with van der Waals surface area (Å²) in [6.07, 6.45) is 7.04. The lowest BCUT2D eigenvalue weighted by Crippen LogP contribution is -2.50. The molecule has 0 spiro atoms. The number of nitrogens with one attached hydrogen (secondary N) is 2. The van der Waals surface area contributed by atoms with Crippen molar-refractivity contribution in [1.29, 1.82) is 0 Å². The highest BCUT2D eigenvalue weighted by Crippen LogP contribution is 2.30. The average molecular weight is 289 g/mol. The molecule has 3 rings (SSSR count). The van der Waals surface area contributed by atoms with E-state index in [1.807, 2.05) is 4.90 Å². The zero-order valence-electron chi connectivity index (χ0n) is 12.5. The molecule has 0 radical (unpaired) electrons. The highest BCUT2D eigenvalue weighted by atomic mass is 16.2. The van der Waals surface area contributed by atoms with Gasteiger partial charge in [0.05, 0.1) is 5.56 Å². The second kappa shape index (κ2) is 6.02. The summed E-state index contributed by atoms with van der Waals surface area (Å²) in [5.74, 6) is 0.0411. The van der Waals surface area contributed by atoms with Gasteiger partial charge < -0.3 is 15.2 Å². The van der Waals surface area contributed by atoms with Crippen molar-refractivity contribution in [2.75, 3.05) is 6.54 Å². The molecule has 21 heavy (non-hydrogen) atoms. The predicted molar refractivity (Wildman–Crippen MR) is 81.4 cm³/mol. The fraction of sp³-hybridized carbons (Fsp3) is 0.625. The van der Waals surface area contributed by atoms with Crippen LogP contribution in [0.4, 0.5) is 0 Å². The average Bonchev–Trinajstić information content (AvgIpc) is 2.83. The minimum absolute atomic E-state index is 0.0411. The third kappa shape index (κ3) is 3.02. The number of carbonyl (C=O) groups excluding carboxylic acids is 1. The number of rotatable bonds is 4. The van der Waals surface area contributed by atoms with Crippen molar-refractivity contribution in [3.63, 3.8) is 0 Å². The van der Waals surface area contributed by atoms with Gasteiger partial charge in [0, 0.05) is 36.9 Å². The molecule has 0 aliphatic carbocycles. The van der Waals surface area contributed by atoms with E-state index >= 15 is 0 Å². The fourth-order valence-electron chi connectivity index (χ4n) is 3.68. The van der Waals surface area contributed by atoms with Crippen LogP contribution >= 0.6 is 0 Å². The third-order valence-electron chi connectivity index (χ3n) is 4.65. The maximum atomic E-state index is 12.8. The quantitative estimate of drug-likeness (QED) is 0.883. The maximum absolute atomic E-state index is 12.8. The number of H-pyrrole nitrogens is 1. The summed E-state index contributed by atoms with van der Waals surface area (Å²) in [5.41, 5.74) is 0.405. The van der Waals surface area contributed by atoms with Crippen molar-refractivity contribution in [3.05, 3.63) is 34.2 Å². The normalized spacial score (nSPS) is 27.6. The van der Waals surface area contributed by atoms with E-state index in [2.05, 4.69) is 17.2 Å². The van der Waals surface area contributed by atoms with Crippen LogP contribution in [0.2, 0.25) is 0 Å². The highest BCUT2D eigenvalue weighted by Gasteiger charge is 2.37. The lowest BCUT2D eigenvalue weighted by atomic mass is 9.97. The summed E-state index contributed by atoms with van der Waals surface area (Å²) >= 11 is 0. The van der Waals surface area contributed by atoms with Gasteiger partial charge in [-0.2, -0.15) is 0 Å². The molecule has 2 saturated heterocycles. The Hall–Kier alpha value is -1.62. The highest BCUT2D eigenvalue weighted by molar-refractivity contribution is 5.94. The molecule has 1 amide bonds. The number of nitrogens with zero attached hydrogens (tertiary/aromatic N) is 1. The Morgan fingerprint density at radius 1 is 1.29 bits per heavy atom. The lowest BCUT2D eigenvalue weighted by Gasteiger charge is -2.37. The van der Waals surface area contributed by atoms with E-state index in [4.69, 9.17) is 0 Å². The number of piperidine rings is 1. The van der Waals surface area contributed by atoms with Gasteiger partial charge >= 0.3 is 0 Å². The van der Waals surface area contributed by atoms with E-state index in [0.717, 1.165) is 25.8 Å². The fourth-order valence-corrected chi connectivity index (χ4v) is 3.68. The van der Waals surface area contributed by atoms with Gasteiger partial charge in [0.15, 0.2) is 0 Å². The second-order valence-electron chi connectivity index (χ2n) is 6.20. The lowest BCUT2D eigenvalue weighted by molar-refractivity contribution is 0.0616. The molecule has 2 bridgehead atoms. The molecule has 5 nitrogen and oxygen atoms in total. The van der Waals surface area contributed by atoms with Crippen LogP contribution < -0.4 is 10.9 Å². The number of hydrogen-bond acceptors (Lipinski definition) is 3. The molecule has 2 aliphatic heterocycles. The smallest absolute Gasteiger partial charge is 0.255 e. The monoisotopic (exact) mass is 289 g/mol. The number of carbonyl (C=O) groups is 1. The van der Waals surface area contributed by atoms with Crippen molar-refractivity contribution >= 4 is 5.91 Å². The van der Waals surface area contributed by atoms with Crippen LogP contribution in [-0.2, 0) is 0 Å². The van der Waals surface area contributed by atoms with Crippen LogP contribution in [0, 0.1) is 0 Å². The second-order valence-corrected chi connectivity index (χ2v) is 6.20. The first-order valence-corrected chi connectivity index (χ1v) is 7.93. The molecule has 114 valence electrons. The molecule has 2 N–H and O–H groups in total. The predicted octanol–water partition coefficient (Wildman–Crippen LogP) is 1.51. The molecule has 2 unspecified atom stereocenters. The molecule has 0 aromatic carbocycles. The Bertz CT molecular complexity index is 536. The molecule has 1 aromatic heterocycles. The summed E-state index contributed by atoms with van der Waals surface area (Å²) in [5, 5.41) is 3.62. The Kier molecular flexibility index (Phi) is 4.10. The number of aromatic nitrogens is 1. The summed E-state index contributed by atoms with van der Waals surface area (Å²) in [6, 6.07) is 4.50. The SMILES string of the molecule is CCCN(C(=O)c1ccc(=O)[nH]c1)C1CC2CCC(C1)N2. The van der Waals surface area contributed by atoms with Gasteiger partial charge in [0.25, 0.3) is 5.91 Å². The molecule has 3 heterocycles. The number of amides is 1. The van der Waals surface area contributed by atoms with E-state index in [0.29, 0.717) is 23.7 Å². The van der Waals surface area contributed by atoms with Crippen molar-refractivity contribution in [2.24, 2.45) is 0 Å². The van der Waals surface area contributed by atoms with Gasteiger partial charge in [-0.3, -0.25) is 9.59 Å². The van der Waals surface area contributed by atoms with Crippen LogP contribution in [0.1, 0.15) is 49.4 Å². The van der Waals surface area contributed by atoms with Crippen molar-refractivity contribution in [2.45, 2.75) is 57.2 Å². The molecule has 5 heteroatoms. The van der Waals surface area contributed by atoms with E-state index in [1.165, 1.54) is 25.1 Å². The van der Waals surface area contributed by atoms with E-state index in [-0.39, 0.29) is 11.5 Å². The molecule has 2 aliphatic rings. The largest absolute Gasteiger partial charge is 0.336 e. The Morgan fingerprint density at radius 3 is 2.57 bits per heavy atom. The van der Waals surface area contributed by atoms with Crippen LogP contribution in [0.3, 0.4) is 0 Å². The zero-order chi connectivity index (χ0) is 14.8. The molecule has 1 aromatic rings. The van der Waals surface area contributed by atoms with Gasteiger partial charge in [-0.05, 0) is 38.2 Å². The van der Waals surface area contributed by atoms with Crippen LogP contribution in [0.25, 0.3) is 0 Å². The van der Waals surface area contributed by atoms with Crippen molar-refractivity contribution in [1.82, 2.24) is 15.2 Å². The molecular formula is C16H23N3O2.